The van der Waals surface area contributed by atoms with Crippen molar-refractivity contribution >= 4 is 21.8 Å². The van der Waals surface area contributed by atoms with Crippen molar-refractivity contribution in [2.45, 2.75) is 5.41 Å². The van der Waals surface area contributed by atoms with Gasteiger partial charge in [-0.05, 0) is 47.5 Å². The minimum Gasteiger partial charge on any atom is -0.457 e. The first kappa shape index (κ1) is 27.7. The lowest BCUT2D eigenvalue weighted by Gasteiger charge is -2.42. The van der Waals surface area contributed by atoms with Gasteiger partial charge in [-0.1, -0.05) is 127 Å². The number of nitrogens with zero attached hydrogens (tertiary/aromatic N) is 3. The maximum absolute atomic E-state index is 9.28. The summed E-state index contributed by atoms with van der Waals surface area (Å²) in [5.74, 6) is 1.65. The standard InChI is InChI=1S/C44H27N3O/c45-28-29-18-20-30(21-19-29)37-26-24-31-22-23-32-25-27-38(47-43(32)42(31)46-37)35-14-9-17-40-41(35)44(33-10-3-1-4-11-33,34-12-5-2-6-13-34)36-15-7-8-16-39(36)48-40/h1-27H. The fourth-order valence-electron chi connectivity index (χ4n) is 7.27. The Morgan fingerprint density at radius 2 is 1.06 bits per heavy atom. The molecule has 0 aliphatic carbocycles. The van der Waals surface area contributed by atoms with Gasteiger partial charge in [0.15, 0.2) is 0 Å². The van der Waals surface area contributed by atoms with Gasteiger partial charge >= 0.3 is 0 Å². The molecule has 1 aliphatic heterocycles. The van der Waals surface area contributed by atoms with Crippen molar-refractivity contribution < 1.29 is 4.74 Å². The Kier molecular flexibility index (Phi) is 6.38. The van der Waals surface area contributed by atoms with Crippen LogP contribution in [0.1, 0.15) is 27.8 Å². The number of para-hydroxylation sites is 1. The van der Waals surface area contributed by atoms with Gasteiger partial charge in [-0.3, -0.25) is 0 Å². The van der Waals surface area contributed by atoms with E-state index in [9.17, 15) is 5.26 Å². The monoisotopic (exact) mass is 613 g/mol. The van der Waals surface area contributed by atoms with Gasteiger partial charge < -0.3 is 4.74 Å². The van der Waals surface area contributed by atoms with Crippen molar-refractivity contribution in [2.24, 2.45) is 0 Å². The minimum atomic E-state index is -0.667. The van der Waals surface area contributed by atoms with E-state index in [1.165, 1.54) is 0 Å². The quantitative estimate of drug-likeness (QED) is 0.185. The molecule has 0 spiro atoms. The molecule has 2 aromatic heterocycles. The lowest BCUT2D eigenvalue weighted by Crippen LogP contribution is -2.34. The topological polar surface area (TPSA) is 58.8 Å². The molecule has 3 heterocycles. The number of hydrogen-bond donors (Lipinski definition) is 0. The number of fused-ring (bicyclic) bond motifs is 5. The molecule has 0 bridgehead atoms. The first-order chi connectivity index (χ1) is 23.7. The summed E-state index contributed by atoms with van der Waals surface area (Å²) in [5.41, 5.74) is 9.70. The van der Waals surface area contributed by atoms with Gasteiger partial charge in [0.2, 0.25) is 0 Å². The average Bonchev–Trinajstić information content (AvgIpc) is 3.17. The van der Waals surface area contributed by atoms with E-state index in [0.29, 0.717) is 5.56 Å². The number of hydrogen-bond acceptors (Lipinski definition) is 4. The van der Waals surface area contributed by atoms with Crippen molar-refractivity contribution in [2.75, 3.05) is 0 Å². The highest BCUT2D eigenvalue weighted by Gasteiger charge is 2.46. The molecule has 1 aliphatic rings. The van der Waals surface area contributed by atoms with Crippen molar-refractivity contribution in [3.63, 3.8) is 0 Å². The lowest BCUT2D eigenvalue weighted by molar-refractivity contribution is 0.435. The summed E-state index contributed by atoms with van der Waals surface area (Å²) in [4.78, 5) is 10.5. The number of benzene rings is 6. The van der Waals surface area contributed by atoms with E-state index in [1.807, 2.05) is 36.4 Å². The van der Waals surface area contributed by atoms with E-state index >= 15 is 0 Å². The number of ether oxygens (including phenoxy) is 1. The first-order valence-electron chi connectivity index (χ1n) is 16.0. The van der Waals surface area contributed by atoms with Crippen LogP contribution in [0.25, 0.3) is 44.3 Å². The highest BCUT2D eigenvalue weighted by molar-refractivity contribution is 6.04. The molecule has 0 saturated heterocycles. The maximum Gasteiger partial charge on any atom is 0.132 e. The van der Waals surface area contributed by atoms with Crippen LogP contribution in [0.5, 0.6) is 11.5 Å². The molecule has 6 aromatic carbocycles. The summed E-state index contributed by atoms with van der Waals surface area (Å²) in [6.07, 6.45) is 0. The van der Waals surface area contributed by atoms with Crippen LogP contribution in [-0.2, 0) is 5.41 Å². The molecule has 0 amide bonds. The van der Waals surface area contributed by atoms with E-state index in [1.54, 1.807) is 0 Å². The van der Waals surface area contributed by atoms with Crippen molar-refractivity contribution in [1.82, 2.24) is 9.97 Å². The predicted octanol–water partition coefficient (Wildman–Crippen LogP) is 10.5. The third-order valence-corrected chi connectivity index (χ3v) is 9.43. The molecular weight excluding hydrogens is 587 g/mol. The van der Waals surface area contributed by atoms with Gasteiger partial charge in [0.1, 0.15) is 11.5 Å². The summed E-state index contributed by atoms with van der Waals surface area (Å²) in [7, 11) is 0. The van der Waals surface area contributed by atoms with E-state index < -0.39 is 5.41 Å². The zero-order valence-corrected chi connectivity index (χ0v) is 25.8. The Labute approximate surface area is 278 Å². The zero-order chi connectivity index (χ0) is 32.1. The SMILES string of the molecule is N#Cc1ccc(-c2ccc3ccc4ccc(-c5cccc6c5C(c5ccccc5)(c5ccccc5)c5ccccc5O6)nc4c3n2)cc1. The molecule has 4 nitrogen and oxygen atoms in total. The molecule has 9 rings (SSSR count). The van der Waals surface area contributed by atoms with Crippen LogP contribution >= 0.6 is 0 Å². The van der Waals surface area contributed by atoms with Gasteiger partial charge in [0.05, 0.1) is 39.5 Å². The van der Waals surface area contributed by atoms with Crippen LogP contribution in [0.3, 0.4) is 0 Å². The Hall–Kier alpha value is -6.57. The molecule has 0 unspecified atom stereocenters. The molecule has 0 fully saturated rings. The first-order valence-corrected chi connectivity index (χ1v) is 16.0. The second-order valence-electron chi connectivity index (χ2n) is 12.1. The van der Waals surface area contributed by atoms with Crippen LogP contribution in [0, 0.1) is 11.3 Å². The molecule has 224 valence electrons. The fourth-order valence-corrected chi connectivity index (χ4v) is 7.27. The molecular formula is C44H27N3O. The van der Waals surface area contributed by atoms with Crippen LogP contribution in [0.15, 0.2) is 164 Å². The smallest absolute Gasteiger partial charge is 0.132 e. The number of aromatic nitrogens is 2. The fraction of sp³-hybridized carbons (Fsp3) is 0.0227. The van der Waals surface area contributed by atoms with E-state index in [4.69, 9.17) is 14.7 Å². The third kappa shape index (κ3) is 4.22. The highest BCUT2D eigenvalue weighted by atomic mass is 16.5. The third-order valence-electron chi connectivity index (χ3n) is 9.43. The Morgan fingerprint density at radius 3 is 1.73 bits per heavy atom. The normalized spacial score (nSPS) is 12.9. The van der Waals surface area contributed by atoms with Gasteiger partial charge in [0, 0.05) is 33.0 Å². The second-order valence-corrected chi connectivity index (χ2v) is 12.1. The van der Waals surface area contributed by atoms with Gasteiger partial charge in [-0.2, -0.15) is 5.26 Å². The van der Waals surface area contributed by atoms with Gasteiger partial charge in [0.25, 0.3) is 0 Å². The van der Waals surface area contributed by atoms with E-state index in [-0.39, 0.29) is 0 Å². The van der Waals surface area contributed by atoms with E-state index in [0.717, 1.165) is 78.1 Å². The summed E-state index contributed by atoms with van der Waals surface area (Å²) in [5, 5.41) is 11.3. The molecule has 0 N–H and O–H groups in total. The predicted molar refractivity (Wildman–Crippen MR) is 191 cm³/mol. The summed E-state index contributed by atoms with van der Waals surface area (Å²) < 4.78 is 6.72. The second kappa shape index (κ2) is 11.0. The summed E-state index contributed by atoms with van der Waals surface area (Å²) >= 11 is 0. The molecule has 0 atom stereocenters. The van der Waals surface area contributed by atoms with Gasteiger partial charge in [-0.15, -0.1) is 0 Å². The van der Waals surface area contributed by atoms with Crippen LogP contribution < -0.4 is 4.74 Å². The van der Waals surface area contributed by atoms with Crippen molar-refractivity contribution in [3.8, 4) is 40.1 Å². The zero-order valence-electron chi connectivity index (χ0n) is 25.8. The summed E-state index contributed by atoms with van der Waals surface area (Å²) in [6, 6.07) is 58.4. The largest absolute Gasteiger partial charge is 0.457 e. The molecule has 4 heteroatoms. The average molecular weight is 614 g/mol. The highest BCUT2D eigenvalue weighted by Crippen LogP contribution is 2.57. The van der Waals surface area contributed by atoms with Crippen molar-refractivity contribution in [1.29, 1.82) is 5.26 Å². The Balaban J connectivity index is 1.32. The lowest BCUT2D eigenvalue weighted by atomic mass is 9.62. The summed E-state index contributed by atoms with van der Waals surface area (Å²) in [6.45, 7) is 0. The van der Waals surface area contributed by atoms with Crippen LogP contribution in [0.4, 0.5) is 0 Å². The number of nitriles is 1. The molecule has 48 heavy (non-hydrogen) atoms. The maximum atomic E-state index is 9.28. The van der Waals surface area contributed by atoms with Crippen LogP contribution in [-0.4, -0.2) is 9.97 Å². The Bertz CT molecular complexity index is 2500. The minimum absolute atomic E-state index is 0.621. The number of pyridine rings is 2. The van der Waals surface area contributed by atoms with Crippen LogP contribution in [0.2, 0.25) is 0 Å². The molecule has 0 radical (unpaired) electrons. The Morgan fingerprint density at radius 1 is 0.500 bits per heavy atom. The molecule has 0 saturated carbocycles. The molecule has 8 aromatic rings. The van der Waals surface area contributed by atoms with Crippen molar-refractivity contribution in [3.05, 3.63) is 192 Å². The van der Waals surface area contributed by atoms with E-state index in [2.05, 4.69) is 133 Å². The number of rotatable bonds is 4. The van der Waals surface area contributed by atoms with Gasteiger partial charge in [-0.25, -0.2) is 9.97 Å².